The molecule has 146 valence electrons. The predicted octanol–water partition coefficient (Wildman–Crippen LogP) is 4.51. The van der Waals surface area contributed by atoms with Crippen LogP contribution in [0.25, 0.3) is 0 Å². The summed E-state index contributed by atoms with van der Waals surface area (Å²) in [6.07, 6.45) is 5.21. The van der Waals surface area contributed by atoms with E-state index >= 15 is 0 Å². The van der Waals surface area contributed by atoms with Gasteiger partial charge in [0.25, 0.3) is 0 Å². The largest absolute Gasteiger partial charge is 0.490 e. The monoisotopic (exact) mass is 381 g/mol. The summed E-state index contributed by atoms with van der Waals surface area (Å²) >= 11 is 0. The molecule has 0 spiro atoms. The third-order valence-corrected chi connectivity index (χ3v) is 6.39. The first-order valence-electron chi connectivity index (χ1n) is 10.1. The van der Waals surface area contributed by atoms with Crippen molar-refractivity contribution in [2.24, 2.45) is 5.92 Å². The highest BCUT2D eigenvalue weighted by molar-refractivity contribution is 5.75. The second-order valence-electron chi connectivity index (χ2n) is 8.27. The molecule has 2 aromatic carbocycles. The van der Waals surface area contributed by atoms with Gasteiger partial charge in [-0.15, -0.1) is 0 Å². The molecule has 1 aliphatic heterocycles. The Morgan fingerprint density at radius 2 is 2.00 bits per heavy atom. The average Bonchev–Trinajstić information content (AvgIpc) is 3.46. The van der Waals surface area contributed by atoms with Crippen molar-refractivity contribution in [2.45, 2.75) is 50.7 Å². The fourth-order valence-electron chi connectivity index (χ4n) is 4.33. The number of carboxylic acids is 1. The molecule has 2 fully saturated rings. The van der Waals surface area contributed by atoms with Gasteiger partial charge in [0.05, 0.1) is 17.7 Å². The molecule has 1 heterocycles. The maximum atomic E-state index is 14.5. The van der Waals surface area contributed by atoms with Crippen LogP contribution in [-0.2, 0) is 17.8 Å². The smallest absolute Gasteiger partial charge is 0.307 e. The normalized spacial score (nSPS) is 23.7. The topological polar surface area (TPSA) is 49.8 Å². The molecule has 2 aliphatic carbocycles. The Labute approximate surface area is 163 Å². The number of hydrogen-bond donors (Lipinski definition) is 1. The van der Waals surface area contributed by atoms with Gasteiger partial charge in [-0.3, -0.25) is 4.79 Å². The lowest BCUT2D eigenvalue weighted by atomic mass is 9.95. The van der Waals surface area contributed by atoms with Gasteiger partial charge < -0.3 is 14.7 Å². The lowest BCUT2D eigenvalue weighted by Gasteiger charge is -2.32. The number of ether oxygens (including phenoxy) is 1. The van der Waals surface area contributed by atoms with E-state index in [0.717, 1.165) is 43.5 Å². The highest BCUT2D eigenvalue weighted by Gasteiger charge is 2.44. The fourth-order valence-corrected chi connectivity index (χ4v) is 4.33. The molecule has 0 aromatic heterocycles. The van der Waals surface area contributed by atoms with Crippen LogP contribution in [0.3, 0.4) is 0 Å². The minimum Gasteiger partial charge on any atom is -0.490 e. The molecule has 0 saturated heterocycles. The van der Waals surface area contributed by atoms with Crippen molar-refractivity contribution in [3.8, 4) is 5.75 Å². The average molecular weight is 381 g/mol. The summed E-state index contributed by atoms with van der Waals surface area (Å²) in [6, 6.07) is 11.3. The van der Waals surface area contributed by atoms with Crippen LogP contribution in [0.15, 0.2) is 36.4 Å². The van der Waals surface area contributed by atoms with Gasteiger partial charge in [0.1, 0.15) is 11.6 Å². The summed E-state index contributed by atoms with van der Waals surface area (Å²) in [5.74, 6) is -0.253. The van der Waals surface area contributed by atoms with E-state index in [-0.39, 0.29) is 23.8 Å². The van der Waals surface area contributed by atoms with E-state index < -0.39 is 5.97 Å². The number of carboxylic acid groups (broad SMARTS) is 1. The summed E-state index contributed by atoms with van der Waals surface area (Å²) in [5.41, 5.74) is 4.17. The van der Waals surface area contributed by atoms with E-state index in [1.807, 2.05) is 12.1 Å². The number of carbonyl (C=O) groups is 1. The molecule has 5 rings (SSSR count). The Bertz CT molecular complexity index is 924. The SMILES string of the molecule is O=C(O)C1C[C@@H]1c1ccc2c(c1)CCN(c1cc(OC3CCC3)ccc1F)C2. The summed E-state index contributed by atoms with van der Waals surface area (Å²) in [6.45, 7) is 1.40. The number of halogens is 1. The van der Waals surface area contributed by atoms with E-state index in [2.05, 4.69) is 17.0 Å². The van der Waals surface area contributed by atoms with Crippen molar-refractivity contribution >= 4 is 11.7 Å². The fraction of sp³-hybridized carbons (Fsp3) is 0.435. The van der Waals surface area contributed by atoms with E-state index in [4.69, 9.17) is 9.84 Å². The zero-order valence-electron chi connectivity index (χ0n) is 15.7. The van der Waals surface area contributed by atoms with Crippen LogP contribution in [0.5, 0.6) is 5.75 Å². The third-order valence-electron chi connectivity index (χ3n) is 6.39. The van der Waals surface area contributed by atoms with Crippen LogP contribution in [0.2, 0.25) is 0 Å². The quantitative estimate of drug-likeness (QED) is 0.828. The maximum Gasteiger partial charge on any atom is 0.307 e. The van der Waals surface area contributed by atoms with Crippen LogP contribution >= 0.6 is 0 Å². The Morgan fingerprint density at radius 1 is 1.14 bits per heavy atom. The molecule has 1 N–H and O–H groups in total. The van der Waals surface area contributed by atoms with Crippen molar-refractivity contribution < 1.29 is 19.0 Å². The number of benzene rings is 2. The van der Waals surface area contributed by atoms with Crippen molar-refractivity contribution in [2.75, 3.05) is 11.4 Å². The van der Waals surface area contributed by atoms with Crippen molar-refractivity contribution in [3.05, 3.63) is 58.9 Å². The summed E-state index contributed by atoms with van der Waals surface area (Å²) < 4.78 is 20.5. The van der Waals surface area contributed by atoms with Gasteiger partial charge in [-0.25, -0.2) is 4.39 Å². The van der Waals surface area contributed by atoms with E-state index in [1.165, 1.54) is 23.6 Å². The highest BCUT2D eigenvalue weighted by atomic mass is 19.1. The molecule has 1 unspecified atom stereocenters. The van der Waals surface area contributed by atoms with Crippen LogP contribution in [0.1, 0.15) is 48.3 Å². The number of fused-ring (bicyclic) bond motifs is 1. The lowest BCUT2D eigenvalue weighted by molar-refractivity contribution is -0.138. The van der Waals surface area contributed by atoms with Gasteiger partial charge in [0.15, 0.2) is 0 Å². The summed E-state index contributed by atoms with van der Waals surface area (Å²) in [5, 5.41) is 9.15. The van der Waals surface area contributed by atoms with Gasteiger partial charge in [-0.05, 0) is 66.8 Å². The van der Waals surface area contributed by atoms with Crippen molar-refractivity contribution in [1.82, 2.24) is 0 Å². The molecule has 4 nitrogen and oxygen atoms in total. The Morgan fingerprint density at radius 3 is 2.71 bits per heavy atom. The molecule has 3 aliphatic rings. The zero-order chi connectivity index (χ0) is 19.3. The lowest BCUT2D eigenvalue weighted by Crippen LogP contribution is -2.31. The Balaban J connectivity index is 1.33. The standard InChI is InChI=1S/C23H24FNO3/c24-21-7-6-18(28-17-2-1-3-17)11-22(21)25-9-8-14-10-15(4-5-16(14)13-25)19-12-20(19)23(26)27/h4-7,10-11,17,19-20H,1-3,8-9,12-13H2,(H,26,27)/t19-,20?/m1/s1. The van der Waals surface area contributed by atoms with Crippen LogP contribution in [0, 0.1) is 11.7 Å². The minimum atomic E-state index is -0.701. The first kappa shape index (κ1) is 17.5. The van der Waals surface area contributed by atoms with Gasteiger partial charge in [-0.1, -0.05) is 18.2 Å². The molecule has 0 amide bonds. The number of rotatable bonds is 5. The van der Waals surface area contributed by atoms with Gasteiger partial charge >= 0.3 is 5.97 Å². The van der Waals surface area contributed by atoms with Gasteiger partial charge in [0.2, 0.25) is 0 Å². The van der Waals surface area contributed by atoms with Crippen molar-refractivity contribution in [1.29, 1.82) is 0 Å². The van der Waals surface area contributed by atoms with E-state index in [9.17, 15) is 9.18 Å². The summed E-state index contributed by atoms with van der Waals surface area (Å²) in [7, 11) is 0. The molecule has 0 radical (unpaired) electrons. The van der Waals surface area contributed by atoms with E-state index in [1.54, 1.807) is 6.07 Å². The summed E-state index contributed by atoms with van der Waals surface area (Å²) in [4.78, 5) is 13.2. The third kappa shape index (κ3) is 3.23. The van der Waals surface area contributed by atoms with Gasteiger partial charge in [-0.2, -0.15) is 0 Å². The highest BCUT2D eigenvalue weighted by Crippen LogP contribution is 2.48. The predicted molar refractivity (Wildman–Crippen MR) is 104 cm³/mol. The molecule has 2 atom stereocenters. The second kappa shape index (κ2) is 6.80. The van der Waals surface area contributed by atoms with Crippen molar-refractivity contribution in [3.63, 3.8) is 0 Å². The van der Waals surface area contributed by atoms with Crippen LogP contribution in [0.4, 0.5) is 10.1 Å². The first-order chi connectivity index (χ1) is 13.6. The number of aliphatic carboxylic acids is 1. The molecule has 5 heteroatoms. The zero-order valence-corrected chi connectivity index (χ0v) is 15.7. The Kier molecular flexibility index (Phi) is 4.26. The molecule has 0 bridgehead atoms. The van der Waals surface area contributed by atoms with Gasteiger partial charge in [0, 0.05) is 19.2 Å². The maximum absolute atomic E-state index is 14.5. The van der Waals surface area contributed by atoms with Crippen LogP contribution in [-0.4, -0.2) is 23.7 Å². The molecular formula is C23H24FNO3. The molecule has 2 aromatic rings. The molecule has 2 saturated carbocycles. The number of nitrogens with zero attached hydrogens (tertiary/aromatic N) is 1. The Hall–Kier alpha value is -2.56. The first-order valence-corrected chi connectivity index (χ1v) is 10.1. The molecular weight excluding hydrogens is 357 g/mol. The van der Waals surface area contributed by atoms with E-state index in [0.29, 0.717) is 12.2 Å². The number of anilines is 1. The minimum absolute atomic E-state index is 0.151. The number of hydrogen-bond acceptors (Lipinski definition) is 3. The second-order valence-corrected chi connectivity index (χ2v) is 8.27. The van der Waals surface area contributed by atoms with Crippen LogP contribution < -0.4 is 9.64 Å². The molecule has 28 heavy (non-hydrogen) atoms.